The number of aryl methyl sites for hydroxylation is 1. The van der Waals surface area contributed by atoms with E-state index in [1.54, 1.807) is 18.2 Å². The molecule has 1 aliphatic heterocycles. The number of hydrogen-bond acceptors (Lipinski definition) is 2. The summed E-state index contributed by atoms with van der Waals surface area (Å²) in [5.74, 6) is 1.07. The lowest BCUT2D eigenvalue weighted by molar-refractivity contribution is 0.403. The molecule has 0 bridgehead atoms. The first-order valence-electron chi connectivity index (χ1n) is 7.90. The van der Waals surface area contributed by atoms with Gasteiger partial charge in [-0.05, 0) is 84.6 Å². The van der Waals surface area contributed by atoms with Crippen molar-refractivity contribution in [1.29, 1.82) is 0 Å². The second kappa shape index (κ2) is 6.48. The summed E-state index contributed by atoms with van der Waals surface area (Å²) >= 11 is 3.72. The number of methoxy groups -OCH3 is 1. The number of nitrogens with one attached hydrogen (secondary N) is 1. The lowest BCUT2D eigenvalue weighted by Gasteiger charge is -2.21. The van der Waals surface area contributed by atoms with Crippen LogP contribution in [0.15, 0.2) is 10.5 Å². The molecule has 1 aromatic rings. The van der Waals surface area contributed by atoms with Gasteiger partial charge in [0.2, 0.25) is 0 Å². The average molecular weight is 338 g/mol. The maximum Gasteiger partial charge on any atom is 0.136 e. The zero-order valence-corrected chi connectivity index (χ0v) is 13.9. The molecule has 20 heavy (non-hydrogen) atoms. The lowest BCUT2D eigenvalue weighted by atomic mass is 9.91. The smallest absolute Gasteiger partial charge is 0.136 e. The van der Waals surface area contributed by atoms with Crippen molar-refractivity contribution >= 4 is 15.9 Å². The summed E-state index contributed by atoms with van der Waals surface area (Å²) in [4.78, 5) is 0. The fraction of sp³-hybridized carbons (Fsp3) is 0.647. The van der Waals surface area contributed by atoms with Crippen LogP contribution in [0.4, 0.5) is 0 Å². The Labute approximate surface area is 130 Å². The van der Waals surface area contributed by atoms with E-state index in [-0.39, 0.29) is 0 Å². The van der Waals surface area contributed by atoms with Gasteiger partial charge in [0.1, 0.15) is 5.75 Å². The van der Waals surface area contributed by atoms with Crippen LogP contribution < -0.4 is 10.1 Å². The van der Waals surface area contributed by atoms with E-state index in [1.807, 2.05) is 0 Å². The maximum absolute atomic E-state index is 5.72. The van der Waals surface area contributed by atoms with Crippen molar-refractivity contribution in [2.24, 2.45) is 0 Å². The van der Waals surface area contributed by atoms with Gasteiger partial charge in [0.15, 0.2) is 0 Å². The van der Waals surface area contributed by atoms with Crippen LogP contribution in [0.5, 0.6) is 5.75 Å². The molecule has 110 valence electrons. The van der Waals surface area contributed by atoms with E-state index in [0.29, 0.717) is 6.04 Å². The summed E-state index contributed by atoms with van der Waals surface area (Å²) in [6.45, 7) is 1.17. The molecule has 0 amide bonds. The van der Waals surface area contributed by atoms with Gasteiger partial charge in [0.25, 0.3) is 0 Å². The third-order valence-corrected chi connectivity index (χ3v) is 5.32. The third-order valence-electron chi connectivity index (χ3n) is 4.73. The van der Waals surface area contributed by atoms with Crippen molar-refractivity contribution in [3.63, 3.8) is 0 Å². The highest BCUT2D eigenvalue weighted by Gasteiger charge is 2.23. The van der Waals surface area contributed by atoms with Crippen molar-refractivity contribution in [2.45, 2.75) is 57.4 Å². The van der Waals surface area contributed by atoms with Crippen LogP contribution in [0.2, 0.25) is 0 Å². The summed E-state index contributed by atoms with van der Waals surface area (Å²) in [6.07, 6.45) is 10.2. The van der Waals surface area contributed by atoms with Crippen LogP contribution in [-0.2, 0) is 19.3 Å². The first-order chi connectivity index (χ1) is 9.79. The Bertz CT molecular complexity index is 480. The number of hydrogen-bond donors (Lipinski definition) is 1. The van der Waals surface area contributed by atoms with Crippen LogP contribution in [0.25, 0.3) is 0 Å². The van der Waals surface area contributed by atoms with Gasteiger partial charge in [-0.25, -0.2) is 0 Å². The van der Waals surface area contributed by atoms with E-state index in [1.165, 1.54) is 57.1 Å². The molecule has 2 aliphatic rings. The second-order valence-corrected chi connectivity index (χ2v) is 6.92. The molecule has 1 heterocycles. The average Bonchev–Trinajstić information content (AvgIpc) is 2.83. The van der Waals surface area contributed by atoms with Gasteiger partial charge in [-0.15, -0.1) is 0 Å². The number of rotatable bonds is 3. The standard InChI is InChI=1S/C17H24BrNO/c1-20-17-15(11-13-7-5-9-19-13)14-8-4-2-3-6-12(14)10-16(17)18/h10,13,19H,2-9,11H2,1H3. The van der Waals surface area contributed by atoms with Gasteiger partial charge < -0.3 is 10.1 Å². The summed E-state index contributed by atoms with van der Waals surface area (Å²) in [7, 11) is 1.80. The fourth-order valence-corrected chi connectivity index (χ4v) is 4.40. The summed E-state index contributed by atoms with van der Waals surface area (Å²) < 4.78 is 6.85. The summed E-state index contributed by atoms with van der Waals surface area (Å²) in [6, 6.07) is 2.93. The summed E-state index contributed by atoms with van der Waals surface area (Å²) in [5, 5.41) is 3.63. The van der Waals surface area contributed by atoms with E-state index in [0.717, 1.165) is 16.6 Å². The van der Waals surface area contributed by atoms with Crippen molar-refractivity contribution in [2.75, 3.05) is 13.7 Å². The lowest BCUT2D eigenvalue weighted by Crippen LogP contribution is -2.24. The Morgan fingerprint density at radius 2 is 2.10 bits per heavy atom. The van der Waals surface area contributed by atoms with Gasteiger partial charge in [0.05, 0.1) is 11.6 Å². The molecular formula is C17H24BrNO. The third kappa shape index (κ3) is 2.89. The normalized spacial score (nSPS) is 22.4. The van der Waals surface area contributed by atoms with Gasteiger partial charge >= 0.3 is 0 Å². The van der Waals surface area contributed by atoms with Crippen LogP contribution in [0.1, 0.15) is 48.8 Å². The van der Waals surface area contributed by atoms with Gasteiger partial charge in [-0.2, -0.15) is 0 Å². The molecule has 0 spiro atoms. The largest absolute Gasteiger partial charge is 0.495 e. The van der Waals surface area contributed by atoms with Crippen LogP contribution in [0, 0.1) is 0 Å². The molecule has 1 N–H and O–H groups in total. The molecule has 0 aromatic heterocycles. The molecular weight excluding hydrogens is 314 g/mol. The quantitative estimate of drug-likeness (QED) is 0.841. The van der Waals surface area contributed by atoms with Crippen LogP contribution >= 0.6 is 15.9 Å². The fourth-order valence-electron chi connectivity index (χ4n) is 3.72. The molecule has 1 unspecified atom stereocenters. The predicted molar refractivity (Wildman–Crippen MR) is 86.7 cm³/mol. The Morgan fingerprint density at radius 3 is 2.85 bits per heavy atom. The van der Waals surface area contributed by atoms with E-state index in [4.69, 9.17) is 4.74 Å². The van der Waals surface area contributed by atoms with Crippen molar-refractivity contribution in [3.05, 3.63) is 27.2 Å². The number of ether oxygens (including phenoxy) is 1. The topological polar surface area (TPSA) is 21.3 Å². The molecule has 3 heteroatoms. The number of benzene rings is 1. The van der Waals surface area contributed by atoms with Crippen molar-refractivity contribution in [1.82, 2.24) is 5.32 Å². The molecule has 1 fully saturated rings. The van der Waals surface area contributed by atoms with Crippen LogP contribution in [0.3, 0.4) is 0 Å². The second-order valence-electron chi connectivity index (χ2n) is 6.07. The zero-order valence-electron chi connectivity index (χ0n) is 12.3. The molecule has 1 aliphatic carbocycles. The van der Waals surface area contributed by atoms with Crippen molar-refractivity contribution in [3.8, 4) is 5.75 Å². The predicted octanol–water partition coefficient (Wildman–Crippen LogP) is 4.02. The SMILES string of the molecule is COc1c(Br)cc2c(c1CC1CCCN1)CCCCC2. The molecule has 1 saturated heterocycles. The van der Waals surface area contributed by atoms with E-state index in [2.05, 4.69) is 27.3 Å². The highest BCUT2D eigenvalue weighted by Crippen LogP contribution is 2.38. The van der Waals surface area contributed by atoms with Gasteiger partial charge in [-0.1, -0.05) is 6.42 Å². The Balaban J connectivity index is 2.00. The summed E-state index contributed by atoms with van der Waals surface area (Å²) in [5.41, 5.74) is 4.58. The Hall–Kier alpha value is -0.540. The minimum Gasteiger partial charge on any atom is -0.495 e. The maximum atomic E-state index is 5.72. The van der Waals surface area contributed by atoms with Gasteiger partial charge in [0, 0.05) is 11.6 Å². The minimum absolute atomic E-state index is 0.630. The van der Waals surface area contributed by atoms with Crippen molar-refractivity contribution < 1.29 is 4.74 Å². The first-order valence-corrected chi connectivity index (χ1v) is 8.69. The first kappa shape index (κ1) is 14.4. The molecule has 3 rings (SSSR count). The van der Waals surface area contributed by atoms with E-state index >= 15 is 0 Å². The number of halogens is 1. The van der Waals surface area contributed by atoms with E-state index in [9.17, 15) is 0 Å². The zero-order chi connectivity index (χ0) is 13.9. The minimum atomic E-state index is 0.630. The van der Waals surface area contributed by atoms with E-state index < -0.39 is 0 Å². The van der Waals surface area contributed by atoms with Crippen LogP contribution in [-0.4, -0.2) is 19.7 Å². The molecule has 2 nitrogen and oxygen atoms in total. The monoisotopic (exact) mass is 337 g/mol. The highest BCUT2D eigenvalue weighted by molar-refractivity contribution is 9.10. The molecule has 1 aromatic carbocycles. The molecule has 0 radical (unpaired) electrons. The Kier molecular flexibility index (Phi) is 4.67. The molecule has 1 atom stereocenters. The van der Waals surface area contributed by atoms with Gasteiger partial charge in [-0.3, -0.25) is 0 Å². The highest BCUT2D eigenvalue weighted by atomic mass is 79.9. The molecule has 0 saturated carbocycles. The Morgan fingerprint density at radius 1 is 1.25 bits per heavy atom. The number of fused-ring (bicyclic) bond motifs is 1.